The molecule has 3 rings (SSSR count). The molecule has 0 heterocycles. The van der Waals surface area contributed by atoms with Gasteiger partial charge in [0.25, 0.3) is 0 Å². The van der Waals surface area contributed by atoms with Crippen LogP contribution >= 0.6 is 0 Å². The van der Waals surface area contributed by atoms with Crippen molar-refractivity contribution in [1.29, 1.82) is 0 Å². The zero-order chi connectivity index (χ0) is 23.0. The van der Waals surface area contributed by atoms with Crippen LogP contribution in [0.3, 0.4) is 0 Å². The predicted octanol–water partition coefficient (Wildman–Crippen LogP) is 9.23. The zero-order valence-corrected chi connectivity index (χ0v) is 21.0. The van der Waals surface area contributed by atoms with Crippen LogP contribution in [0.25, 0.3) is 0 Å². The van der Waals surface area contributed by atoms with Crippen LogP contribution in [0.15, 0.2) is 54.6 Å². The number of rotatable bonds is 2. The molecule has 0 nitrogen and oxygen atoms in total. The van der Waals surface area contributed by atoms with Crippen molar-refractivity contribution in [2.24, 2.45) is 16.7 Å². The Hall–Kier alpha value is -1.63. The third kappa shape index (κ3) is 13.6. The minimum atomic E-state index is -0.169. The van der Waals surface area contributed by atoms with E-state index in [-0.39, 0.29) is 11.2 Å². The molecule has 0 amide bonds. The van der Waals surface area contributed by atoms with Crippen LogP contribution in [0.1, 0.15) is 92.7 Å². The summed E-state index contributed by atoms with van der Waals surface area (Å²) in [5.41, 5.74) is 3.70. The van der Waals surface area contributed by atoms with Gasteiger partial charge in [0.1, 0.15) is 5.82 Å². The van der Waals surface area contributed by atoms with Crippen LogP contribution in [0.4, 0.5) is 4.39 Å². The largest absolute Gasteiger partial charge is 0.207 e. The Morgan fingerprint density at radius 2 is 1.20 bits per heavy atom. The molecule has 0 N–H and O–H groups in total. The molecular formula is C29H45F. The van der Waals surface area contributed by atoms with E-state index in [1.807, 2.05) is 12.1 Å². The van der Waals surface area contributed by atoms with Crippen molar-refractivity contribution in [2.75, 3.05) is 0 Å². The van der Waals surface area contributed by atoms with E-state index in [0.717, 1.165) is 12.3 Å². The van der Waals surface area contributed by atoms with Gasteiger partial charge in [0.2, 0.25) is 0 Å². The van der Waals surface area contributed by atoms with Gasteiger partial charge in [0, 0.05) is 0 Å². The predicted molar refractivity (Wildman–Crippen MR) is 131 cm³/mol. The van der Waals surface area contributed by atoms with E-state index >= 15 is 0 Å². The van der Waals surface area contributed by atoms with Crippen LogP contribution in [0, 0.1) is 22.6 Å². The normalized spacial score (nSPS) is 14.2. The SMILES string of the molecule is CC(C)(C)CC1CC1.CC(C)(C)Cc1ccccc1.CC(C)(C)c1ccc(F)cc1. The molecule has 1 aliphatic carbocycles. The highest BCUT2D eigenvalue weighted by Crippen LogP contribution is 2.39. The van der Waals surface area contributed by atoms with Crippen LogP contribution in [0.2, 0.25) is 0 Å². The van der Waals surface area contributed by atoms with Crippen LogP contribution in [-0.4, -0.2) is 0 Å². The van der Waals surface area contributed by atoms with Gasteiger partial charge in [-0.15, -0.1) is 0 Å². The molecule has 0 unspecified atom stereocenters. The van der Waals surface area contributed by atoms with E-state index in [1.54, 1.807) is 0 Å². The fourth-order valence-corrected chi connectivity index (χ4v) is 3.35. The van der Waals surface area contributed by atoms with Crippen molar-refractivity contribution in [3.05, 3.63) is 71.5 Å². The van der Waals surface area contributed by atoms with Crippen molar-refractivity contribution in [3.8, 4) is 0 Å². The molecule has 0 atom stereocenters. The Labute approximate surface area is 186 Å². The topological polar surface area (TPSA) is 0 Å². The molecular weight excluding hydrogens is 367 g/mol. The third-order valence-corrected chi connectivity index (χ3v) is 4.89. The lowest BCUT2D eigenvalue weighted by Crippen LogP contribution is -2.10. The van der Waals surface area contributed by atoms with Gasteiger partial charge in [-0.25, -0.2) is 4.39 Å². The summed E-state index contributed by atoms with van der Waals surface area (Å²) >= 11 is 0. The van der Waals surface area contributed by atoms with Gasteiger partial charge in [0.05, 0.1) is 0 Å². The van der Waals surface area contributed by atoms with Gasteiger partial charge in [-0.3, -0.25) is 0 Å². The fraction of sp³-hybridized carbons (Fsp3) is 0.586. The van der Waals surface area contributed by atoms with Gasteiger partial charge in [0.15, 0.2) is 0 Å². The maximum absolute atomic E-state index is 12.5. The Kier molecular flexibility index (Phi) is 9.79. The van der Waals surface area contributed by atoms with E-state index in [9.17, 15) is 4.39 Å². The van der Waals surface area contributed by atoms with E-state index in [0.29, 0.717) is 10.8 Å². The maximum Gasteiger partial charge on any atom is 0.123 e. The summed E-state index contributed by atoms with van der Waals surface area (Å²) in [7, 11) is 0. The fourth-order valence-electron chi connectivity index (χ4n) is 3.35. The van der Waals surface area contributed by atoms with Gasteiger partial charge in [-0.05, 0) is 58.3 Å². The molecule has 30 heavy (non-hydrogen) atoms. The molecule has 2 aromatic rings. The van der Waals surface area contributed by atoms with Gasteiger partial charge >= 0.3 is 0 Å². The highest BCUT2D eigenvalue weighted by Gasteiger charge is 2.26. The molecule has 1 fully saturated rings. The quantitative estimate of drug-likeness (QED) is 0.461. The second-order valence-corrected chi connectivity index (χ2v) is 12.2. The van der Waals surface area contributed by atoms with Crippen LogP contribution in [0.5, 0.6) is 0 Å². The molecule has 0 aromatic heterocycles. The maximum atomic E-state index is 12.5. The Bertz CT molecular complexity index is 702. The molecule has 0 saturated heterocycles. The second kappa shape index (κ2) is 11.1. The zero-order valence-electron chi connectivity index (χ0n) is 21.0. The Balaban J connectivity index is 0.000000228. The summed E-state index contributed by atoms with van der Waals surface area (Å²) in [4.78, 5) is 0. The first-order chi connectivity index (χ1) is 13.7. The molecule has 168 valence electrons. The van der Waals surface area contributed by atoms with Crippen molar-refractivity contribution in [2.45, 2.75) is 93.4 Å². The molecule has 0 bridgehead atoms. The minimum absolute atomic E-state index is 0.119. The Morgan fingerprint density at radius 3 is 1.53 bits per heavy atom. The van der Waals surface area contributed by atoms with E-state index in [2.05, 4.69) is 92.6 Å². The van der Waals surface area contributed by atoms with Crippen LogP contribution < -0.4 is 0 Å². The lowest BCUT2D eigenvalue weighted by molar-refractivity contribution is 0.354. The first kappa shape index (κ1) is 26.4. The van der Waals surface area contributed by atoms with E-state index < -0.39 is 0 Å². The van der Waals surface area contributed by atoms with Gasteiger partial charge < -0.3 is 0 Å². The number of hydrogen-bond donors (Lipinski definition) is 0. The highest BCUT2D eigenvalue weighted by molar-refractivity contribution is 5.23. The second-order valence-electron chi connectivity index (χ2n) is 12.2. The monoisotopic (exact) mass is 412 g/mol. The molecule has 1 saturated carbocycles. The van der Waals surface area contributed by atoms with E-state index in [1.165, 1.54) is 42.5 Å². The lowest BCUT2D eigenvalue weighted by Gasteiger charge is -2.18. The number of hydrogen-bond acceptors (Lipinski definition) is 0. The summed E-state index contributed by atoms with van der Waals surface area (Å²) in [6, 6.07) is 17.3. The summed E-state index contributed by atoms with van der Waals surface area (Å²) in [5, 5.41) is 0. The Morgan fingerprint density at radius 1 is 0.700 bits per heavy atom. The molecule has 0 spiro atoms. The third-order valence-electron chi connectivity index (χ3n) is 4.89. The van der Waals surface area contributed by atoms with Crippen molar-refractivity contribution < 1.29 is 4.39 Å². The molecule has 1 heteroatoms. The van der Waals surface area contributed by atoms with Crippen LogP contribution in [-0.2, 0) is 11.8 Å². The van der Waals surface area contributed by atoms with Gasteiger partial charge in [-0.1, -0.05) is 118 Å². The number of benzene rings is 2. The average molecular weight is 413 g/mol. The van der Waals surface area contributed by atoms with Crippen molar-refractivity contribution in [1.82, 2.24) is 0 Å². The first-order valence-electron chi connectivity index (χ1n) is 11.5. The summed E-state index contributed by atoms with van der Waals surface area (Å²) in [6.45, 7) is 20.1. The van der Waals surface area contributed by atoms with Crippen molar-refractivity contribution >= 4 is 0 Å². The molecule has 2 aromatic carbocycles. The van der Waals surface area contributed by atoms with Gasteiger partial charge in [-0.2, -0.15) is 0 Å². The molecule has 0 aliphatic heterocycles. The molecule has 1 aliphatic rings. The molecule has 0 radical (unpaired) electrons. The summed E-state index contributed by atoms with van der Waals surface area (Å²) < 4.78 is 12.5. The first-order valence-corrected chi connectivity index (χ1v) is 11.5. The summed E-state index contributed by atoms with van der Waals surface area (Å²) in [5.74, 6) is 0.924. The van der Waals surface area contributed by atoms with Crippen molar-refractivity contribution in [3.63, 3.8) is 0 Å². The lowest BCUT2D eigenvalue weighted by atomic mass is 9.87. The minimum Gasteiger partial charge on any atom is -0.207 e. The van der Waals surface area contributed by atoms with E-state index in [4.69, 9.17) is 0 Å². The number of halogens is 1. The smallest absolute Gasteiger partial charge is 0.123 e. The average Bonchev–Trinajstić information content (AvgIpc) is 3.37. The summed E-state index contributed by atoms with van der Waals surface area (Å²) in [6.07, 6.45) is 5.59. The highest BCUT2D eigenvalue weighted by atomic mass is 19.1. The standard InChI is InChI=1S/C11H16.C10H13F.C8H16/c1-11(2,3)9-10-7-5-4-6-8-10;1-10(2,3)8-4-6-9(11)7-5-8;1-8(2,3)6-7-4-5-7/h4-8H,9H2,1-3H3;4-7H,1-3H3;7H,4-6H2,1-3H3.